The van der Waals surface area contributed by atoms with E-state index in [2.05, 4.69) is 49.9 Å². The van der Waals surface area contributed by atoms with Crippen molar-refractivity contribution in [1.82, 2.24) is 20.0 Å². The fraction of sp³-hybridized carbons (Fsp3) is 0.765. The Morgan fingerprint density at radius 2 is 2.00 bits per heavy atom. The molecule has 1 saturated carbocycles. The van der Waals surface area contributed by atoms with Gasteiger partial charge < -0.3 is 10.2 Å². The lowest BCUT2D eigenvalue weighted by Crippen LogP contribution is -2.35. The number of nitrogens with one attached hydrogen (secondary N) is 1. The maximum Gasteiger partial charge on any atom is 0.271 e. The standard InChI is InChI=1S/C17H30N4O/c1-6-20(7-2)11-10-18-16(22)14-12-15(13-8-9-13)21(19-14)17(3,4)5/h12-13H,6-11H2,1-5H3,(H,18,22). The van der Waals surface area contributed by atoms with Crippen LogP contribution in [-0.4, -0.2) is 46.8 Å². The number of carbonyl (C=O) groups excluding carboxylic acids is 1. The predicted octanol–water partition coefficient (Wildman–Crippen LogP) is 2.59. The van der Waals surface area contributed by atoms with Gasteiger partial charge in [-0.05, 0) is 52.8 Å². The average molecular weight is 306 g/mol. The van der Waals surface area contributed by atoms with E-state index in [4.69, 9.17) is 0 Å². The Morgan fingerprint density at radius 3 is 2.50 bits per heavy atom. The van der Waals surface area contributed by atoms with Crippen molar-refractivity contribution in [3.8, 4) is 0 Å². The van der Waals surface area contributed by atoms with Crippen LogP contribution < -0.4 is 5.32 Å². The molecular formula is C17H30N4O. The normalized spacial score (nSPS) is 15.4. The minimum absolute atomic E-state index is 0.0583. The van der Waals surface area contributed by atoms with Gasteiger partial charge in [0.15, 0.2) is 0 Å². The first-order chi connectivity index (χ1) is 10.4. The molecule has 0 bridgehead atoms. The number of carbonyl (C=O) groups is 1. The van der Waals surface area contributed by atoms with Crippen LogP contribution in [-0.2, 0) is 5.54 Å². The highest BCUT2D eigenvalue weighted by Crippen LogP contribution is 2.41. The number of hydrogen-bond donors (Lipinski definition) is 1. The third-order valence-corrected chi connectivity index (χ3v) is 4.21. The summed E-state index contributed by atoms with van der Waals surface area (Å²) in [4.78, 5) is 14.6. The van der Waals surface area contributed by atoms with E-state index in [1.165, 1.54) is 18.5 Å². The molecule has 1 aliphatic carbocycles. The highest BCUT2D eigenvalue weighted by Gasteiger charge is 2.32. The molecule has 0 spiro atoms. The summed E-state index contributed by atoms with van der Waals surface area (Å²) in [6, 6.07) is 1.98. The topological polar surface area (TPSA) is 50.2 Å². The number of nitrogens with zero attached hydrogens (tertiary/aromatic N) is 3. The zero-order chi connectivity index (χ0) is 16.3. The van der Waals surface area contributed by atoms with E-state index in [0.717, 1.165) is 19.6 Å². The molecule has 0 atom stereocenters. The molecule has 0 aliphatic heterocycles. The second-order valence-electron chi connectivity index (χ2n) is 7.09. The van der Waals surface area contributed by atoms with Gasteiger partial charge in [0.25, 0.3) is 5.91 Å². The highest BCUT2D eigenvalue weighted by molar-refractivity contribution is 5.92. The Morgan fingerprint density at radius 1 is 1.36 bits per heavy atom. The predicted molar refractivity (Wildman–Crippen MR) is 89.3 cm³/mol. The second-order valence-corrected chi connectivity index (χ2v) is 7.09. The zero-order valence-electron chi connectivity index (χ0n) is 14.6. The van der Waals surface area contributed by atoms with Crippen LogP contribution in [0.2, 0.25) is 0 Å². The first-order valence-electron chi connectivity index (χ1n) is 8.47. The molecular weight excluding hydrogens is 276 g/mol. The molecule has 1 amide bonds. The fourth-order valence-electron chi connectivity index (χ4n) is 2.67. The van der Waals surface area contributed by atoms with Crippen LogP contribution in [0.15, 0.2) is 6.07 Å². The van der Waals surface area contributed by atoms with E-state index in [9.17, 15) is 4.79 Å². The van der Waals surface area contributed by atoms with Gasteiger partial charge in [-0.2, -0.15) is 5.10 Å². The Hall–Kier alpha value is -1.36. The van der Waals surface area contributed by atoms with Gasteiger partial charge in [-0.3, -0.25) is 9.48 Å². The first-order valence-corrected chi connectivity index (χ1v) is 8.47. The summed E-state index contributed by atoms with van der Waals surface area (Å²) in [5, 5.41) is 7.56. The molecule has 1 aliphatic rings. The minimum atomic E-state index is -0.0856. The van der Waals surface area contributed by atoms with E-state index in [1.54, 1.807) is 0 Å². The summed E-state index contributed by atoms with van der Waals surface area (Å²) in [5.41, 5.74) is 1.68. The van der Waals surface area contributed by atoms with Crippen LogP contribution in [0.4, 0.5) is 0 Å². The summed E-state index contributed by atoms with van der Waals surface area (Å²) < 4.78 is 2.03. The molecule has 5 heteroatoms. The number of hydrogen-bond acceptors (Lipinski definition) is 3. The van der Waals surface area contributed by atoms with E-state index < -0.39 is 0 Å². The molecule has 5 nitrogen and oxygen atoms in total. The van der Waals surface area contributed by atoms with Crippen molar-refractivity contribution in [1.29, 1.82) is 0 Å². The van der Waals surface area contributed by atoms with Gasteiger partial charge in [-0.25, -0.2) is 0 Å². The smallest absolute Gasteiger partial charge is 0.271 e. The van der Waals surface area contributed by atoms with Crippen LogP contribution in [0.1, 0.15) is 69.6 Å². The summed E-state index contributed by atoms with van der Waals surface area (Å²) in [6.07, 6.45) is 2.43. The van der Waals surface area contributed by atoms with Crippen LogP contribution in [0, 0.1) is 0 Å². The Bertz CT molecular complexity index is 507. The molecule has 0 radical (unpaired) electrons. The van der Waals surface area contributed by atoms with Crippen molar-refractivity contribution in [3.05, 3.63) is 17.5 Å². The maximum absolute atomic E-state index is 12.3. The molecule has 1 N–H and O–H groups in total. The van der Waals surface area contributed by atoms with Gasteiger partial charge in [0.05, 0.1) is 5.54 Å². The summed E-state index contributed by atoms with van der Waals surface area (Å²) >= 11 is 0. The Kier molecular flexibility index (Phi) is 5.27. The SMILES string of the molecule is CCN(CC)CCNC(=O)c1cc(C2CC2)n(C(C)(C)C)n1. The number of likely N-dealkylation sites (N-methyl/N-ethyl adjacent to an activating group) is 1. The van der Waals surface area contributed by atoms with Gasteiger partial charge in [-0.15, -0.1) is 0 Å². The van der Waals surface area contributed by atoms with Crippen molar-refractivity contribution >= 4 is 5.91 Å². The van der Waals surface area contributed by atoms with E-state index >= 15 is 0 Å². The van der Waals surface area contributed by atoms with Crippen molar-refractivity contribution in [2.45, 2.75) is 58.9 Å². The lowest BCUT2D eigenvalue weighted by molar-refractivity contribution is 0.0942. The van der Waals surface area contributed by atoms with Crippen LogP contribution in [0.5, 0.6) is 0 Å². The summed E-state index contributed by atoms with van der Waals surface area (Å²) in [5.74, 6) is 0.529. The molecule has 1 heterocycles. The Labute approximate surface area is 134 Å². The molecule has 0 saturated heterocycles. The largest absolute Gasteiger partial charge is 0.349 e. The molecule has 2 rings (SSSR count). The van der Waals surface area contributed by atoms with E-state index in [0.29, 0.717) is 18.2 Å². The molecule has 1 aromatic heterocycles. The van der Waals surface area contributed by atoms with E-state index in [1.807, 2.05) is 10.7 Å². The van der Waals surface area contributed by atoms with Gasteiger partial charge in [0.2, 0.25) is 0 Å². The molecule has 0 unspecified atom stereocenters. The van der Waals surface area contributed by atoms with Gasteiger partial charge in [0, 0.05) is 24.7 Å². The monoisotopic (exact) mass is 306 g/mol. The van der Waals surface area contributed by atoms with Crippen LogP contribution >= 0.6 is 0 Å². The average Bonchev–Trinajstić information content (AvgIpc) is 3.20. The molecule has 22 heavy (non-hydrogen) atoms. The zero-order valence-corrected chi connectivity index (χ0v) is 14.6. The van der Waals surface area contributed by atoms with Crippen molar-refractivity contribution < 1.29 is 4.79 Å². The molecule has 1 aromatic rings. The molecule has 1 fully saturated rings. The van der Waals surface area contributed by atoms with Gasteiger partial charge in [-0.1, -0.05) is 13.8 Å². The van der Waals surface area contributed by atoms with Crippen LogP contribution in [0.3, 0.4) is 0 Å². The maximum atomic E-state index is 12.3. The summed E-state index contributed by atoms with van der Waals surface area (Å²) in [7, 11) is 0. The number of aromatic nitrogens is 2. The second kappa shape index (κ2) is 6.82. The van der Waals surface area contributed by atoms with Gasteiger partial charge >= 0.3 is 0 Å². The van der Waals surface area contributed by atoms with Crippen molar-refractivity contribution in [3.63, 3.8) is 0 Å². The number of amides is 1. The Balaban J connectivity index is 2.01. The molecule has 0 aromatic carbocycles. The minimum Gasteiger partial charge on any atom is -0.349 e. The first kappa shape index (κ1) is 17.0. The highest BCUT2D eigenvalue weighted by atomic mass is 16.1. The summed E-state index contributed by atoms with van der Waals surface area (Å²) in [6.45, 7) is 14.2. The lowest BCUT2D eigenvalue weighted by atomic mass is 10.1. The third kappa shape index (κ3) is 4.09. The lowest BCUT2D eigenvalue weighted by Gasteiger charge is -2.22. The van der Waals surface area contributed by atoms with Crippen LogP contribution in [0.25, 0.3) is 0 Å². The quantitative estimate of drug-likeness (QED) is 0.842. The number of rotatable bonds is 7. The van der Waals surface area contributed by atoms with Crippen molar-refractivity contribution in [2.75, 3.05) is 26.2 Å². The third-order valence-electron chi connectivity index (χ3n) is 4.21. The molecule has 124 valence electrons. The van der Waals surface area contributed by atoms with Gasteiger partial charge in [0.1, 0.15) is 5.69 Å². The van der Waals surface area contributed by atoms with Crippen molar-refractivity contribution in [2.24, 2.45) is 0 Å². The van der Waals surface area contributed by atoms with E-state index in [-0.39, 0.29) is 11.4 Å². The fourth-order valence-corrected chi connectivity index (χ4v) is 2.67.